The second-order valence-electron chi connectivity index (χ2n) is 8.26. The van der Waals surface area contributed by atoms with Crippen molar-refractivity contribution >= 4 is 25.8 Å². The van der Waals surface area contributed by atoms with Crippen LogP contribution in [-0.2, 0) is 24.4 Å². The average molecular weight is 432 g/mol. The Morgan fingerprint density at radius 2 is 1.54 bits per heavy atom. The van der Waals surface area contributed by atoms with E-state index in [4.69, 9.17) is 4.74 Å². The minimum absolute atomic E-state index is 0.00231. The summed E-state index contributed by atoms with van der Waals surface area (Å²) in [5.74, 6) is 0.228. The summed E-state index contributed by atoms with van der Waals surface area (Å²) in [7, 11) is -6.83. The molecule has 1 fully saturated rings. The topological polar surface area (TPSA) is 97.8 Å². The van der Waals surface area contributed by atoms with Gasteiger partial charge in [-0.15, -0.1) is 0 Å². The number of sulfone groups is 2. The summed E-state index contributed by atoms with van der Waals surface area (Å²) in [5, 5.41) is 0. The Balaban J connectivity index is 1.88. The smallest absolute Gasteiger partial charge is 0.410 e. The van der Waals surface area contributed by atoms with Gasteiger partial charge in [-0.25, -0.2) is 21.6 Å². The molecule has 1 heterocycles. The zero-order chi connectivity index (χ0) is 21.2. The van der Waals surface area contributed by atoms with E-state index in [2.05, 4.69) is 0 Å². The maximum absolute atomic E-state index is 12.5. The van der Waals surface area contributed by atoms with Gasteiger partial charge >= 0.3 is 6.09 Å². The number of nitrogens with zero attached hydrogens (tertiary/aromatic N) is 1. The van der Waals surface area contributed by atoms with E-state index >= 15 is 0 Å². The molecule has 7 nitrogen and oxygen atoms in total. The molecule has 0 saturated carbocycles. The van der Waals surface area contributed by atoms with Crippen molar-refractivity contribution in [3.05, 3.63) is 24.3 Å². The maximum Gasteiger partial charge on any atom is 0.410 e. The monoisotopic (exact) mass is 431 g/mol. The second-order valence-corrected chi connectivity index (χ2v) is 12.4. The molecular weight excluding hydrogens is 402 g/mol. The Bertz CT molecular complexity index is 891. The van der Waals surface area contributed by atoms with Crippen LogP contribution in [0.1, 0.15) is 40.0 Å². The molecule has 0 N–H and O–H groups in total. The molecule has 2 rings (SSSR count). The van der Waals surface area contributed by atoms with Crippen molar-refractivity contribution in [2.24, 2.45) is 5.92 Å². The fraction of sp³-hybridized carbons (Fsp3) is 0.632. The molecule has 1 amide bonds. The number of piperidine rings is 1. The normalized spacial score (nSPS) is 16.8. The number of amides is 1. The molecular formula is C19H29NO6S2. The van der Waals surface area contributed by atoms with E-state index in [9.17, 15) is 21.6 Å². The van der Waals surface area contributed by atoms with E-state index in [0.717, 1.165) is 19.1 Å². The second kappa shape index (κ2) is 8.41. The van der Waals surface area contributed by atoms with Crippen molar-refractivity contribution in [3.63, 3.8) is 0 Å². The Morgan fingerprint density at radius 3 is 2.00 bits per heavy atom. The van der Waals surface area contributed by atoms with Crippen LogP contribution < -0.4 is 0 Å². The van der Waals surface area contributed by atoms with Gasteiger partial charge in [0.15, 0.2) is 19.7 Å². The number of rotatable bonds is 5. The fourth-order valence-corrected chi connectivity index (χ4v) is 5.13. The highest BCUT2D eigenvalue weighted by atomic mass is 32.2. The minimum Gasteiger partial charge on any atom is -0.444 e. The average Bonchev–Trinajstić information content (AvgIpc) is 2.58. The Hall–Kier alpha value is -1.61. The largest absolute Gasteiger partial charge is 0.444 e. The quantitative estimate of drug-likeness (QED) is 0.711. The van der Waals surface area contributed by atoms with Crippen LogP contribution in [0.2, 0.25) is 0 Å². The van der Waals surface area contributed by atoms with Crippen LogP contribution in [0.15, 0.2) is 34.1 Å². The van der Waals surface area contributed by atoms with Gasteiger partial charge in [-0.2, -0.15) is 0 Å². The summed E-state index contributed by atoms with van der Waals surface area (Å²) < 4.78 is 53.4. The standard InChI is InChI=1S/C19H29NO6S2/c1-19(2,3)26-18(21)20-12-9-15(10-13-20)11-14-28(24,25)17-7-5-16(6-8-17)27(4,22)23/h5-8,15H,9-14H2,1-4H3. The third-order valence-corrected chi connectivity index (χ3v) is 7.56. The van der Waals surface area contributed by atoms with E-state index in [-0.39, 0.29) is 27.6 Å². The molecule has 9 heteroatoms. The number of carbonyl (C=O) groups is 1. The molecule has 0 spiro atoms. The third kappa shape index (κ3) is 6.48. The predicted octanol–water partition coefficient (Wildman–Crippen LogP) is 2.90. The SMILES string of the molecule is CC(C)(C)OC(=O)N1CCC(CCS(=O)(=O)c2ccc(S(C)(=O)=O)cc2)CC1. The molecule has 0 bridgehead atoms. The molecule has 1 aliphatic heterocycles. The summed E-state index contributed by atoms with van der Waals surface area (Å²) in [4.78, 5) is 14.0. The van der Waals surface area contributed by atoms with Crippen molar-refractivity contribution in [2.45, 2.75) is 55.4 Å². The van der Waals surface area contributed by atoms with Crippen molar-refractivity contribution in [1.82, 2.24) is 4.90 Å². The number of benzene rings is 1. The van der Waals surface area contributed by atoms with Crippen molar-refractivity contribution in [3.8, 4) is 0 Å². The predicted molar refractivity (Wildman–Crippen MR) is 107 cm³/mol. The molecule has 1 aromatic rings. The van der Waals surface area contributed by atoms with Crippen LogP contribution in [-0.4, -0.2) is 58.5 Å². The number of likely N-dealkylation sites (tertiary alicyclic amines) is 1. The molecule has 28 heavy (non-hydrogen) atoms. The molecule has 0 aromatic heterocycles. The lowest BCUT2D eigenvalue weighted by Crippen LogP contribution is -2.41. The summed E-state index contributed by atoms with van der Waals surface area (Å²) in [6.45, 7) is 6.59. The highest BCUT2D eigenvalue weighted by molar-refractivity contribution is 7.91. The lowest BCUT2D eigenvalue weighted by atomic mass is 9.95. The van der Waals surface area contributed by atoms with E-state index in [1.165, 1.54) is 24.3 Å². The van der Waals surface area contributed by atoms with Crippen molar-refractivity contribution in [2.75, 3.05) is 25.1 Å². The first-order valence-corrected chi connectivity index (χ1v) is 12.8. The molecule has 1 aromatic carbocycles. The Labute approximate surface area is 167 Å². The van der Waals surface area contributed by atoms with Crippen LogP contribution in [0.5, 0.6) is 0 Å². The Kier molecular flexibility index (Phi) is 6.81. The van der Waals surface area contributed by atoms with Gasteiger partial charge < -0.3 is 9.64 Å². The number of carbonyl (C=O) groups excluding carboxylic acids is 1. The highest BCUT2D eigenvalue weighted by Crippen LogP contribution is 2.24. The van der Waals surface area contributed by atoms with Gasteiger partial charge in [0.2, 0.25) is 0 Å². The van der Waals surface area contributed by atoms with Gasteiger partial charge in [0.05, 0.1) is 15.5 Å². The summed E-state index contributed by atoms with van der Waals surface area (Å²) in [6.07, 6.45) is 2.74. The number of hydrogen-bond acceptors (Lipinski definition) is 6. The molecule has 0 unspecified atom stereocenters. The minimum atomic E-state index is -3.48. The zero-order valence-corrected chi connectivity index (χ0v) is 18.5. The molecule has 158 valence electrons. The molecule has 1 aliphatic rings. The van der Waals surface area contributed by atoms with Crippen LogP contribution in [0.4, 0.5) is 4.79 Å². The fourth-order valence-electron chi connectivity index (χ4n) is 3.06. The molecule has 1 saturated heterocycles. The Morgan fingerprint density at radius 1 is 1.04 bits per heavy atom. The first-order chi connectivity index (χ1) is 12.8. The lowest BCUT2D eigenvalue weighted by Gasteiger charge is -2.33. The van der Waals surface area contributed by atoms with E-state index in [1.54, 1.807) is 4.90 Å². The maximum atomic E-state index is 12.5. The van der Waals surface area contributed by atoms with Gasteiger partial charge in [0.25, 0.3) is 0 Å². The van der Waals surface area contributed by atoms with E-state index in [1.807, 2.05) is 20.8 Å². The first-order valence-electron chi connectivity index (χ1n) is 9.29. The van der Waals surface area contributed by atoms with Crippen molar-refractivity contribution in [1.29, 1.82) is 0 Å². The third-order valence-electron chi connectivity index (χ3n) is 4.67. The molecule has 0 aliphatic carbocycles. The van der Waals surface area contributed by atoms with Gasteiger partial charge in [0, 0.05) is 19.3 Å². The van der Waals surface area contributed by atoms with Crippen LogP contribution in [0.3, 0.4) is 0 Å². The summed E-state index contributed by atoms with van der Waals surface area (Å²) in [5.41, 5.74) is -0.533. The molecule has 0 radical (unpaired) electrons. The van der Waals surface area contributed by atoms with Crippen molar-refractivity contribution < 1.29 is 26.4 Å². The lowest BCUT2D eigenvalue weighted by molar-refractivity contribution is 0.0183. The summed E-state index contributed by atoms with van der Waals surface area (Å²) >= 11 is 0. The summed E-state index contributed by atoms with van der Waals surface area (Å²) in [6, 6.07) is 5.33. The van der Waals surface area contributed by atoms with Gasteiger partial charge in [0.1, 0.15) is 5.60 Å². The van der Waals surface area contributed by atoms with E-state index < -0.39 is 25.3 Å². The zero-order valence-electron chi connectivity index (χ0n) is 16.8. The van der Waals surface area contributed by atoms with Gasteiger partial charge in [-0.1, -0.05) is 0 Å². The van der Waals surface area contributed by atoms with E-state index in [0.29, 0.717) is 19.5 Å². The van der Waals surface area contributed by atoms with Gasteiger partial charge in [-0.05, 0) is 70.2 Å². The van der Waals surface area contributed by atoms with Gasteiger partial charge in [-0.3, -0.25) is 0 Å². The van der Waals surface area contributed by atoms with Crippen LogP contribution >= 0.6 is 0 Å². The van der Waals surface area contributed by atoms with Crippen LogP contribution in [0.25, 0.3) is 0 Å². The number of ether oxygens (including phenoxy) is 1. The number of hydrogen-bond donors (Lipinski definition) is 0. The van der Waals surface area contributed by atoms with Crippen LogP contribution in [0, 0.1) is 5.92 Å². The highest BCUT2D eigenvalue weighted by Gasteiger charge is 2.28. The first kappa shape index (κ1) is 22.7. The molecule has 0 atom stereocenters.